The first-order chi connectivity index (χ1) is 14.5. The van der Waals surface area contributed by atoms with Crippen molar-refractivity contribution >= 4 is 22.8 Å². The number of H-pyrrole nitrogens is 1. The minimum absolute atomic E-state index is 0.142. The summed E-state index contributed by atoms with van der Waals surface area (Å²) in [5, 5.41) is 11.6. The molecule has 3 heterocycles. The molecule has 0 amide bonds. The van der Waals surface area contributed by atoms with E-state index in [1.807, 2.05) is 30.5 Å². The lowest BCUT2D eigenvalue weighted by molar-refractivity contribution is 0.101. The summed E-state index contributed by atoms with van der Waals surface area (Å²) in [6.07, 6.45) is 4.89. The van der Waals surface area contributed by atoms with Gasteiger partial charge in [0.1, 0.15) is 11.5 Å². The Balaban J connectivity index is 1.48. The number of phenolic OH excluding ortho intramolecular Hbond substituents is 1. The van der Waals surface area contributed by atoms with Crippen LogP contribution in [0.3, 0.4) is 0 Å². The molecule has 2 aliphatic rings. The Morgan fingerprint density at radius 2 is 1.93 bits per heavy atom. The summed E-state index contributed by atoms with van der Waals surface area (Å²) in [7, 11) is 0. The molecule has 2 aliphatic heterocycles. The number of ether oxygens (including phenoxy) is 1. The van der Waals surface area contributed by atoms with E-state index in [1.54, 1.807) is 18.2 Å². The van der Waals surface area contributed by atoms with E-state index in [1.165, 1.54) is 6.42 Å². The maximum Gasteiger partial charge on any atom is 0.231 e. The minimum Gasteiger partial charge on any atom is -0.507 e. The Morgan fingerprint density at radius 1 is 1.17 bits per heavy atom. The first-order valence-corrected chi connectivity index (χ1v) is 10.6. The summed E-state index contributed by atoms with van der Waals surface area (Å²) in [5.74, 6) is 2.07. The first-order valence-electron chi connectivity index (χ1n) is 10.6. The summed E-state index contributed by atoms with van der Waals surface area (Å²) in [4.78, 5) is 18.6. The van der Waals surface area contributed by atoms with Crippen LogP contribution in [-0.2, 0) is 6.54 Å². The van der Waals surface area contributed by atoms with Gasteiger partial charge in [-0.25, -0.2) is 0 Å². The predicted molar refractivity (Wildman–Crippen MR) is 118 cm³/mol. The van der Waals surface area contributed by atoms with Crippen molar-refractivity contribution in [1.82, 2.24) is 9.88 Å². The van der Waals surface area contributed by atoms with Crippen LogP contribution in [0.4, 0.5) is 0 Å². The normalized spacial score (nSPS) is 23.1. The number of carbonyl (C=O) groups excluding carboxylic acids is 1. The molecule has 30 heavy (non-hydrogen) atoms. The monoisotopic (exact) mass is 402 g/mol. The van der Waals surface area contributed by atoms with E-state index in [0.29, 0.717) is 41.0 Å². The van der Waals surface area contributed by atoms with Gasteiger partial charge in [-0.3, -0.25) is 9.69 Å². The number of nitrogens with zero attached hydrogens (tertiary/aromatic N) is 1. The Hall–Kier alpha value is -3.05. The molecule has 0 spiro atoms. The van der Waals surface area contributed by atoms with Crippen LogP contribution in [-0.4, -0.2) is 33.9 Å². The van der Waals surface area contributed by atoms with Gasteiger partial charge < -0.3 is 14.8 Å². The van der Waals surface area contributed by atoms with Gasteiger partial charge in [-0.15, -0.1) is 0 Å². The number of para-hydroxylation sites is 1. The van der Waals surface area contributed by atoms with Crippen molar-refractivity contribution < 1.29 is 14.6 Å². The summed E-state index contributed by atoms with van der Waals surface area (Å²) < 4.78 is 6.06. The van der Waals surface area contributed by atoms with Gasteiger partial charge in [0.25, 0.3) is 0 Å². The lowest BCUT2D eigenvalue weighted by Crippen LogP contribution is -2.38. The van der Waals surface area contributed by atoms with E-state index in [9.17, 15) is 9.90 Å². The molecule has 154 valence electrons. The number of carbonyl (C=O) groups is 1. The molecule has 5 nitrogen and oxygen atoms in total. The molecule has 2 atom stereocenters. The molecule has 0 radical (unpaired) electrons. The van der Waals surface area contributed by atoms with Gasteiger partial charge >= 0.3 is 0 Å². The number of Topliss-reactive ketones (excluding diaryl/α,β-unsaturated/α-hetero) is 1. The van der Waals surface area contributed by atoms with E-state index in [0.717, 1.165) is 29.6 Å². The fraction of sp³-hybridized carbons (Fsp3) is 0.320. The molecule has 5 rings (SSSR count). The molecule has 0 saturated carbocycles. The van der Waals surface area contributed by atoms with Crippen LogP contribution in [0.5, 0.6) is 11.5 Å². The van der Waals surface area contributed by atoms with Crippen molar-refractivity contribution in [2.45, 2.75) is 26.8 Å². The predicted octanol–water partition coefficient (Wildman–Crippen LogP) is 4.97. The van der Waals surface area contributed by atoms with Gasteiger partial charge in [0.05, 0.1) is 11.1 Å². The van der Waals surface area contributed by atoms with Crippen molar-refractivity contribution in [3.05, 3.63) is 65.0 Å². The third kappa shape index (κ3) is 3.29. The summed E-state index contributed by atoms with van der Waals surface area (Å²) in [5.41, 5.74) is 3.14. The van der Waals surface area contributed by atoms with Crippen LogP contribution in [0.15, 0.2) is 48.4 Å². The lowest BCUT2D eigenvalue weighted by atomic mass is 9.91. The zero-order valence-electron chi connectivity index (χ0n) is 17.3. The van der Waals surface area contributed by atoms with Gasteiger partial charge in [0, 0.05) is 42.3 Å². The van der Waals surface area contributed by atoms with E-state index >= 15 is 0 Å². The van der Waals surface area contributed by atoms with Crippen LogP contribution in [0.25, 0.3) is 17.0 Å². The second-order valence-electron chi connectivity index (χ2n) is 8.81. The van der Waals surface area contributed by atoms with Gasteiger partial charge in [-0.1, -0.05) is 32.0 Å². The number of hydrogen-bond acceptors (Lipinski definition) is 4. The number of fused-ring (bicyclic) bond motifs is 2. The Bertz CT molecular complexity index is 1150. The molecule has 1 aromatic heterocycles. The molecule has 2 N–H and O–H groups in total. The highest BCUT2D eigenvalue weighted by molar-refractivity contribution is 6.15. The van der Waals surface area contributed by atoms with Gasteiger partial charge in [0.2, 0.25) is 5.78 Å². The van der Waals surface area contributed by atoms with Crippen LogP contribution in [0.1, 0.15) is 41.8 Å². The number of nitrogens with one attached hydrogen (secondary N) is 1. The highest BCUT2D eigenvalue weighted by atomic mass is 16.5. The van der Waals surface area contributed by atoms with Crippen molar-refractivity contribution in [3.63, 3.8) is 0 Å². The average molecular weight is 402 g/mol. The number of aromatic hydroxyl groups is 1. The van der Waals surface area contributed by atoms with Gasteiger partial charge in [0.15, 0.2) is 5.76 Å². The van der Waals surface area contributed by atoms with E-state index in [-0.39, 0.29) is 11.5 Å². The number of allylic oxidation sites excluding steroid dienone is 1. The summed E-state index contributed by atoms with van der Waals surface area (Å²) in [6.45, 7) is 7.08. The topological polar surface area (TPSA) is 65.6 Å². The Kier molecular flexibility index (Phi) is 4.63. The Labute approximate surface area is 176 Å². The quantitative estimate of drug-likeness (QED) is 0.607. The molecule has 1 fully saturated rings. The molecule has 1 saturated heterocycles. The molecular weight excluding hydrogens is 376 g/mol. The number of rotatable bonds is 3. The fourth-order valence-electron chi connectivity index (χ4n) is 4.95. The number of aromatic amines is 1. The number of aromatic nitrogens is 1. The van der Waals surface area contributed by atoms with Gasteiger partial charge in [-0.05, 0) is 42.5 Å². The third-order valence-corrected chi connectivity index (χ3v) is 6.15. The summed E-state index contributed by atoms with van der Waals surface area (Å²) in [6, 6.07) is 11.2. The maximum atomic E-state index is 13.0. The molecule has 5 heteroatoms. The van der Waals surface area contributed by atoms with Crippen molar-refractivity contribution in [2.24, 2.45) is 11.8 Å². The van der Waals surface area contributed by atoms with Crippen molar-refractivity contribution in [1.29, 1.82) is 0 Å². The first kappa shape index (κ1) is 18.9. The van der Waals surface area contributed by atoms with Crippen molar-refractivity contribution in [2.75, 3.05) is 13.1 Å². The number of benzene rings is 2. The zero-order valence-corrected chi connectivity index (χ0v) is 17.3. The van der Waals surface area contributed by atoms with Crippen LogP contribution in [0, 0.1) is 11.8 Å². The number of piperidine rings is 1. The van der Waals surface area contributed by atoms with E-state index in [2.05, 4.69) is 23.7 Å². The second-order valence-corrected chi connectivity index (χ2v) is 8.81. The van der Waals surface area contributed by atoms with Crippen molar-refractivity contribution in [3.8, 4) is 11.5 Å². The Morgan fingerprint density at radius 3 is 2.73 bits per heavy atom. The van der Waals surface area contributed by atoms with E-state index < -0.39 is 0 Å². The number of hydrogen-bond donors (Lipinski definition) is 2. The SMILES string of the molecule is C[C@@H]1C[C@@H](C)CN(Cc2c(O)ccc3c2O/C(=C\c2c[nH]c4ccccc24)C3=O)C1. The zero-order chi connectivity index (χ0) is 20.8. The average Bonchev–Trinajstić information content (AvgIpc) is 3.25. The van der Waals surface area contributed by atoms with E-state index in [4.69, 9.17) is 4.74 Å². The van der Waals surface area contributed by atoms with Crippen LogP contribution in [0.2, 0.25) is 0 Å². The minimum atomic E-state index is -0.142. The lowest BCUT2D eigenvalue weighted by Gasteiger charge is -2.35. The van der Waals surface area contributed by atoms with Gasteiger partial charge in [-0.2, -0.15) is 0 Å². The third-order valence-electron chi connectivity index (χ3n) is 6.15. The molecule has 3 aromatic rings. The van der Waals surface area contributed by atoms with Crippen LogP contribution < -0.4 is 4.74 Å². The van der Waals surface area contributed by atoms with Crippen LogP contribution >= 0.6 is 0 Å². The second kappa shape index (κ2) is 7.33. The number of likely N-dealkylation sites (tertiary alicyclic amines) is 1. The molecule has 2 aromatic carbocycles. The molecule has 0 bridgehead atoms. The smallest absolute Gasteiger partial charge is 0.231 e. The molecule has 0 unspecified atom stereocenters. The highest BCUT2D eigenvalue weighted by Crippen LogP contribution is 2.41. The molecule has 0 aliphatic carbocycles. The standard InChI is InChI=1S/C25H26N2O3/c1-15-9-16(2)13-27(12-15)14-20-22(28)8-7-19-24(29)23(30-25(19)20)10-17-11-26-21-6-4-3-5-18(17)21/h3-8,10-11,15-16,26,28H,9,12-14H2,1-2H3/b23-10-/t15-,16-/m1/s1. The number of ketones is 1. The largest absolute Gasteiger partial charge is 0.507 e. The number of phenols is 1. The highest BCUT2D eigenvalue weighted by Gasteiger charge is 2.32. The maximum absolute atomic E-state index is 13.0. The fourth-order valence-corrected chi connectivity index (χ4v) is 4.95. The molecular formula is C25H26N2O3. The summed E-state index contributed by atoms with van der Waals surface area (Å²) >= 11 is 0.